The van der Waals surface area contributed by atoms with E-state index in [4.69, 9.17) is 0 Å². The molecule has 0 fully saturated rings. The fourth-order valence-corrected chi connectivity index (χ4v) is 0.580. The third-order valence-corrected chi connectivity index (χ3v) is 1.26. The Morgan fingerprint density at radius 3 is 2.54 bits per heavy atom. The second kappa shape index (κ2) is 7.27. The Labute approximate surface area is 76.0 Å². The highest BCUT2D eigenvalue weighted by molar-refractivity contribution is 6.33. The number of esters is 1. The van der Waals surface area contributed by atoms with Gasteiger partial charge in [-0.15, -0.1) is 0 Å². The van der Waals surface area contributed by atoms with Gasteiger partial charge >= 0.3 is 5.97 Å². The van der Waals surface area contributed by atoms with Gasteiger partial charge in [0, 0.05) is 12.8 Å². The molecule has 74 valence electrons. The third kappa shape index (κ3) is 5.84. The molecular weight excluding hydrogens is 176 g/mol. The van der Waals surface area contributed by atoms with Gasteiger partial charge in [-0.1, -0.05) is 6.92 Å². The van der Waals surface area contributed by atoms with Gasteiger partial charge in [-0.3, -0.25) is 9.59 Å². The van der Waals surface area contributed by atoms with Crippen LogP contribution in [-0.2, 0) is 23.9 Å². The minimum atomic E-state index is -0.825. The lowest BCUT2D eigenvalue weighted by Gasteiger charge is -2.01. The first-order chi connectivity index (χ1) is 6.22. The first-order valence-electron chi connectivity index (χ1n) is 3.97. The van der Waals surface area contributed by atoms with E-state index in [1.54, 1.807) is 6.92 Å². The molecule has 0 bridgehead atoms. The molecule has 0 amide bonds. The molecule has 0 aromatic carbocycles. The summed E-state index contributed by atoms with van der Waals surface area (Å²) in [6, 6.07) is 0. The van der Waals surface area contributed by atoms with E-state index in [-0.39, 0.29) is 19.6 Å². The predicted molar refractivity (Wildman–Crippen MR) is 42.9 cm³/mol. The number of carbonyl (C=O) groups excluding carboxylic acids is 3. The molecule has 0 rings (SSSR count). The van der Waals surface area contributed by atoms with Crippen LogP contribution in [0.4, 0.5) is 0 Å². The molecule has 0 saturated carbocycles. The maximum absolute atomic E-state index is 10.7. The normalized spacial score (nSPS) is 9.00. The van der Waals surface area contributed by atoms with Crippen molar-refractivity contribution in [1.82, 2.24) is 0 Å². The van der Waals surface area contributed by atoms with Crippen LogP contribution in [-0.4, -0.2) is 31.4 Å². The Morgan fingerprint density at radius 2 is 2.00 bits per heavy atom. The lowest BCUT2D eigenvalue weighted by molar-refractivity contribution is -0.154. The minimum Gasteiger partial charge on any atom is -0.468 e. The summed E-state index contributed by atoms with van der Waals surface area (Å²) in [5.74, 6) is -1.37. The van der Waals surface area contributed by atoms with Crippen molar-refractivity contribution < 1.29 is 23.9 Å². The summed E-state index contributed by atoms with van der Waals surface area (Å²) in [5.41, 5.74) is 0. The molecule has 0 radical (unpaired) electrons. The molecule has 5 heteroatoms. The zero-order valence-corrected chi connectivity index (χ0v) is 7.45. The molecular formula is C8H12O5. The van der Waals surface area contributed by atoms with Crippen LogP contribution in [0.3, 0.4) is 0 Å². The van der Waals surface area contributed by atoms with Crippen LogP contribution in [0, 0.1) is 0 Å². The SMILES string of the molecule is CCC(=O)C(=O)OCCCOC=O. The van der Waals surface area contributed by atoms with Gasteiger partial charge in [0.15, 0.2) is 0 Å². The van der Waals surface area contributed by atoms with E-state index in [1.165, 1.54) is 0 Å². The molecule has 0 aliphatic rings. The third-order valence-electron chi connectivity index (χ3n) is 1.26. The maximum atomic E-state index is 10.7. The first-order valence-corrected chi connectivity index (χ1v) is 3.97. The summed E-state index contributed by atoms with van der Waals surface area (Å²) in [4.78, 5) is 31.1. The Kier molecular flexibility index (Phi) is 6.49. The number of ether oxygens (including phenoxy) is 2. The van der Waals surface area contributed by atoms with Crippen LogP contribution >= 0.6 is 0 Å². The summed E-state index contributed by atoms with van der Waals surface area (Å²) < 4.78 is 8.90. The van der Waals surface area contributed by atoms with Gasteiger partial charge in [-0.05, 0) is 0 Å². The van der Waals surface area contributed by atoms with Crippen LogP contribution in [0.15, 0.2) is 0 Å². The Hall–Kier alpha value is -1.39. The molecule has 0 spiro atoms. The number of carbonyl (C=O) groups is 3. The van der Waals surface area contributed by atoms with Gasteiger partial charge in [0.2, 0.25) is 5.78 Å². The Balaban J connectivity index is 3.37. The van der Waals surface area contributed by atoms with Crippen molar-refractivity contribution in [2.24, 2.45) is 0 Å². The number of ketones is 1. The van der Waals surface area contributed by atoms with Gasteiger partial charge in [-0.25, -0.2) is 4.79 Å². The highest BCUT2D eigenvalue weighted by Crippen LogP contribution is 1.89. The van der Waals surface area contributed by atoms with Crippen molar-refractivity contribution in [3.8, 4) is 0 Å². The molecule has 0 atom stereocenters. The van der Waals surface area contributed by atoms with Crippen LogP contribution in [0.25, 0.3) is 0 Å². The van der Waals surface area contributed by atoms with E-state index < -0.39 is 11.8 Å². The molecule has 0 unspecified atom stereocenters. The lowest BCUT2D eigenvalue weighted by atomic mass is 10.3. The average molecular weight is 188 g/mol. The summed E-state index contributed by atoms with van der Waals surface area (Å²) in [6.45, 7) is 2.19. The summed E-state index contributed by atoms with van der Waals surface area (Å²) >= 11 is 0. The second-order valence-electron chi connectivity index (χ2n) is 2.23. The van der Waals surface area contributed by atoms with Gasteiger partial charge < -0.3 is 9.47 Å². The van der Waals surface area contributed by atoms with E-state index in [1.807, 2.05) is 0 Å². The molecule has 0 aliphatic heterocycles. The standard InChI is InChI=1S/C8H12O5/c1-2-7(10)8(11)13-5-3-4-12-6-9/h6H,2-5H2,1H3. The number of hydrogen-bond acceptors (Lipinski definition) is 5. The van der Waals surface area contributed by atoms with E-state index in [0.717, 1.165) is 0 Å². The second-order valence-corrected chi connectivity index (χ2v) is 2.23. The predicted octanol–water partition coefficient (Wildman–Crippen LogP) is 0.0718. The fourth-order valence-electron chi connectivity index (χ4n) is 0.580. The van der Waals surface area contributed by atoms with Crippen molar-refractivity contribution in [2.75, 3.05) is 13.2 Å². The molecule has 0 aromatic rings. The molecule has 0 aliphatic carbocycles. The number of hydrogen-bond donors (Lipinski definition) is 0. The van der Waals surface area contributed by atoms with Crippen LogP contribution in [0.2, 0.25) is 0 Å². The van der Waals surface area contributed by atoms with Gasteiger partial charge in [0.05, 0.1) is 13.2 Å². The van der Waals surface area contributed by atoms with Crippen molar-refractivity contribution >= 4 is 18.2 Å². The highest BCUT2D eigenvalue weighted by atomic mass is 16.5. The van der Waals surface area contributed by atoms with Crippen LogP contribution in [0.5, 0.6) is 0 Å². The quantitative estimate of drug-likeness (QED) is 0.245. The van der Waals surface area contributed by atoms with E-state index in [0.29, 0.717) is 12.9 Å². The van der Waals surface area contributed by atoms with Gasteiger partial charge in [0.1, 0.15) is 0 Å². The highest BCUT2D eigenvalue weighted by Gasteiger charge is 2.11. The van der Waals surface area contributed by atoms with Crippen molar-refractivity contribution in [3.05, 3.63) is 0 Å². The molecule has 0 aromatic heterocycles. The lowest BCUT2D eigenvalue weighted by Crippen LogP contribution is -2.17. The monoisotopic (exact) mass is 188 g/mol. The van der Waals surface area contributed by atoms with Crippen molar-refractivity contribution in [3.63, 3.8) is 0 Å². The molecule has 0 N–H and O–H groups in total. The first kappa shape index (κ1) is 11.6. The fraction of sp³-hybridized carbons (Fsp3) is 0.625. The zero-order chi connectivity index (χ0) is 10.1. The van der Waals surface area contributed by atoms with Crippen LogP contribution in [0.1, 0.15) is 19.8 Å². The largest absolute Gasteiger partial charge is 0.468 e. The number of Topliss-reactive ketones (excluding diaryl/α,β-unsaturated/α-hetero) is 1. The number of rotatable bonds is 7. The van der Waals surface area contributed by atoms with E-state index in [9.17, 15) is 14.4 Å². The summed E-state index contributed by atoms with van der Waals surface area (Å²) in [6.07, 6.45) is 0.547. The van der Waals surface area contributed by atoms with Crippen molar-refractivity contribution in [1.29, 1.82) is 0 Å². The summed E-state index contributed by atoms with van der Waals surface area (Å²) in [5, 5.41) is 0. The van der Waals surface area contributed by atoms with E-state index in [2.05, 4.69) is 9.47 Å². The van der Waals surface area contributed by atoms with Crippen molar-refractivity contribution in [2.45, 2.75) is 19.8 Å². The molecule has 5 nitrogen and oxygen atoms in total. The topological polar surface area (TPSA) is 69.7 Å². The minimum absolute atomic E-state index is 0.0956. The maximum Gasteiger partial charge on any atom is 0.374 e. The smallest absolute Gasteiger partial charge is 0.374 e. The molecule has 0 heterocycles. The van der Waals surface area contributed by atoms with Gasteiger partial charge in [-0.2, -0.15) is 0 Å². The van der Waals surface area contributed by atoms with E-state index >= 15 is 0 Å². The Morgan fingerprint density at radius 1 is 1.31 bits per heavy atom. The van der Waals surface area contributed by atoms with Crippen LogP contribution < -0.4 is 0 Å². The molecule has 0 saturated heterocycles. The molecule has 13 heavy (non-hydrogen) atoms. The average Bonchev–Trinajstić information content (AvgIpc) is 2.16. The summed E-state index contributed by atoms with van der Waals surface area (Å²) in [7, 11) is 0. The zero-order valence-electron chi connectivity index (χ0n) is 7.45. The van der Waals surface area contributed by atoms with Gasteiger partial charge in [0.25, 0.3) is 6.47 Å². The Bertz CT molecular complexity index is 187.